The standard InChI is InChI=1S/C43H55ClN6O7S/c1-28-7-5-9-38(56-18-17-49-22-33(23-49)54-3)34-13-10-31(34)21-50-26-43(16-6-8-29-19-32(44)12-14-36(29)43)27-57-39-15-11-30(20-37(39)50)40(51)46-58(53,25-28)47-41(52)35-24-48(2)45-42(35)55-4/h5,9,11-12,14-15,19-20,24,28,31,33-34,38H,6-8,10,13,16-18,21-23,25-27H2,1-4H3,(H,46,47,51,52,53)/b9-5+/t28-,31-,34+,38-,43-,58-/m0/s1. The van der Waals surface area contributed by atoms with Crippen molar-refractivity contribution < 1.29 is 32.7 Å². The molecular weight excluding hydrogens is 780 g/mol. The molecule has 6 atom stereocenters. The molecule has 5 aliphatic rings. The predicted molar refractivity (Wildman–Crippen MR) is 223 cm³/mol. The van der Waals surface area contributed by atoms with Crippen molar-refractivity contribution in [2.75, 3.05) is 70.8 Å². The average molecular weight is 835 g/mol. The Kier molecular flexibility index (Phi) is 11.9. The van der Waals surface area contributed by atoms with Crippen molar-refractivity contribution in [2.45, 2.75) is 63.1 Å². The number of ether oxygens (including phenoxy) is 4. The Hall–Kier alpha value is -3.95. The van der Waals surface area contributed by atoms with Crippen LogP contribution in [0.25, 0.3) is 0 Å². The van der Waals surface area contributed by atoms with Crippen LogP contribution in [0.3, 0.4) is 0 Å². The summed E-state index contributed by atoms with van der Waals surface area (Å²) in [6.07, 6.45) is 11.6. The molecular formula is C43H55ClN6O7S. The van der Waals surface area contributed by atoms with E-state index >= 15 is 0 Å². The maximum Gasteiger partial charge on any atom is 0.286 e. The van der Waals surface area contributed by atoms with Crippen molar-refractivity contribution in [3.8, 4) is 11.6 Å². The highest BCUT2D eigenvalue weighted by Gasteiger charge is 2.45. The van der Waals surface area contributed by atoms with Crippen LogP contribution >= 0.6 is 11.6 Å². The molecule has 1 saturated heterocycles. The normalized spacial score (nSPS) is 29.5. The molecule has 1 saturated carbocycles. The van der Waals surface area contributed by atoms with E-state index in [4.69, 9.17) is 30.5 Å². The van der Waals surface area contributed by atoms with Crippen LogP contribution in [0, 0.1) is 17.8 Å². The fraction of sp³-hybridized carbons (Fsp3) is 0.558. The molecule has 2 bridgehead atoms. The van der Waals surface area contributed by atoms with Gasteiger partial charge in [-0.2, -0.15) is 0 Å². The van der Waals surface area contributed by atoms with Crippen LogP contribution in [-0.4, -0.2) is 109 Å². The van der Waals surface area contributed by atoms with Gasteiger partial charge in [-0.1, -0.05) is 36.7 Å². The van der Waals surface area contributed by atoms with E-state index in [1.807, 2.05) is 25.1 Å². The van der Waals surface area contributed by atoms with E-state index in [9.17, 15) is 13.8 Å². The Morgan fingerprint density at radius 1 is 1.14 bits per heavy atom. The largest absolute Gasteiger partial charge is 0.490 e. The van der Waals surface area contributed by atoms with Gasteiger partial charge in [-0.25, -0.2) is 4.21 Å². The van der Waals surface area contributed by atoms with Crippen LogP contribution in [0.2, 0.25) is 5.02 Å². The number of rotatable bonds is 8. The maximum atomic E-state index is 14.8. The molecule has 15 heteroatoms. The summed E-state index contributed by atoms with van der Waals surface area (Å²) in [7, 11) is 1.20. The minimum absolute atomic E-state index is 0.0449. The van der Waals surface area contributed by atoms with E-state index in [0.717, 1.165) is 69.0 Å². The van der Waals surface area contributed by atoms with E-state index in [1.54, 1.807) is 20.2 Å². The third-order valence-corrected chi connectivity index (χ3v) is 14.9. The molecule has 0 unspecified atom stereocenters. The van der Waals surface area contributed by atoms with Gasteiger partial charge in [0.05, 0.1) is 44.0 Å². The summed E-state index contributed by atoms with van der Waals surface area (Å²) in [6.45, 7) is 7.16. The Labute approximate surface area is 346 Å². The zero-order valence-corrected chi connectivity index (χ0v) is 35.4. The molecule has 2 aliphatic carbocycles. The zero-order valence-electron chi connectivity index (χ0n) is 33.9. The number of nitrogens with zero attached hydrogens (tertiary/aromatic N) is 5. The predicted octanol–water partition coefficient (Wildman–Crippen LogP) is 5.85. The van der Waals surface area contributed by atoms with E-state index in [1.165, 1.54) is 29.1 Å². The third-order valence-electron chi connectivity index (χ3n) is 12.7. The molecule has 2 fully saturated rings. The quantitative estimate of drug-likeness (QED) is 0.276. The number of hydrogen-bond donors (Lipinski definition) is 1. The number of carbonyl (C=O) groups is 2. The molecule has 1 spiro atoms. The summed E-state index contributed by atoms with van der Waals surface area (Å²) < 4.78 is 47.4. The van der Waals surface area contributed by atoms with Gasteiger partial charge in [-0.3, -0.25) is 23.9 Å². The molecule has 3 aromatic rings. The van der Waals surface area contributed by atoms with E-state index in [-0.39, 0.29) is 46.3 Å². The van der Waals surface area contributed by atoms with Gasteiger partial charge in [-0.05, 0) is 97.7 Å². The summed E-state index contributed by atoms with van der Waals surface area (Å²) in [6, 6.07) is 11.6. The summed E-state index contributed by atoms with van der Waals surface area (Å²) in [4.78, 5) is 32.6. The zero-order chi connectivity index (χ0) is 40.6. The van der Waals surface area contributed by atoms with Crippen molar-refractivity contribution in [1.29, 1.82) is 0 Å². The first-order chi connectivity index (χ1) is 27.9. The Morgan fingerprint density at radius 3 is 2.76 bits per heavy atom. The Morgan fingerprint density at radius 2 is 1.98 bits per heavy atom. The third kappa shape index (κ3) is 8.54. The lowest BCUT2D eigenvalue weighted by atomic mass is 9.68. The minimum atomic E-state index is -3.63. The maximum absolute atomic E-state index is 14.8. The smallest absolute Gasteiger partial charge is 0.286 e. The molecule has 4 heterocycles. The van der Waals surface area contributed by atoms with Crippen molar-refractivity contribution >= 4 is 39.0 Å². The molecule has 1 aromatic heterocycles. The SMILES string of the molecule is COc1nn(C)cc1C(=O)N[S@@]1(=O)=NC(=O)c2ccc3c(c2)N(C[C@@H]2CC[C@H]2[C@@H](OCCN2CC(OC)C2)/C=C/C[C@H](C)C1)C[C@@]1(CCCc2cc(Cl)ccc21)CO3. The lowest BCUT2D eigenvalue weighted by Crippen LogP contribution is -2.53. The van der Waals surface area contributed by atoms with Gasteiger partial charge in [0.25, 0.3) is 11.8 Å². The number of methoxy groups -OCH3 is 2. The number of nitrogens with one attached hydrogen (secondary N) is 1. The number of likely N-dealkylation sites (tertiary alicyclic amines) is 1. The molecule has 13 nitrogen and oxygen atoms in total. The number of amides is 2. The number of aromatic nitrogens is 2. The Bertz CT molecular complexity index is 2180. The van der Waals surface area contributed by atoms with Crippen LogP contribution in [-0.2, 0) is 38.3 Å². The highest BCUT2D eigenvalue weighted by molar-refractivity contribution is 7.92. The second kappa shape index (κ2) is 17.0. The van der Waals surface area contributed by atoms with E-state index in [2.05, 4.69) is 48.3 Å². The topological polar surface area (TPSA) is 137 Å². The first-order valence-electron chi connectivity index (χ1n) is 20.5. The lowest BCUT2D eigenvalue weighted by Gasteiger charge is -2.46. The van der Waals surface area contributed by atoms with Crippen LogP contribution in [0.15, 0.2) is 59.1 Å². The first kappa shape index (κ1) is 40.8. The average Bonchev–Trinajstić information content (AvgIpc) is 3.48. The second-order valence-corrected chi connectivity index (χ2v) is 19.3. The number of carbonyl (C=O) groups excluding carboxylic acids is 2. The molecule has 58 heavy (non-hydrogen) atoms. The molecule has 0 radical (unpaired) electrons. The van der Waals surface area contributed by atoms with Crippen molar-refractivity contribution in [1.82, 2.24) is 19.4 Å². The number of halogens is 1. The summed E-state index contributed by atoms with van der Waals surface area (Å²) in [5.74, 6) is -0.194. The van der Waals surface area contributed by atoms with Crippen LogP contribution in [0.5, 0.6) is 11.6 Å². The highest BCUT2D eigenvalue weighted by atomic mass is 35.5. The number of hydrogen-bond acceptors (Lipinski definition) is 10. The lowest BCUT2D eigenvalue weighted by molar-refractivity contribution is -0.0592. The summed E-state index contributed by atoms with van der Waals surface area (Å²) in [5, 5.41) is 4.91. The fourth-order valence-electron chi connectivity index (χ4n) is 9.44. The van der Waals surface area contributed by atoms with Gasteiger partial charge in [-0.15, -0.1) is 9.46 Å². The molecule has 3 aliphatic heterocycles. The van der Waals surface area contributed by atoms with Crippen LogP contribution < -0.4 is 19.1 Å². The number of anilines is 1. The highest BCUT2D eigenvalue weighted by Crippen LogP contribution is 2.47. The van der Waals surface area contributed by atoms with Gasteiger partial charge in [0.2, 0.25) is 5.88 Å². The van der Waals surface area contributed by atoms with Gasteiger partial charge < -0.3 is 23.8 Å². The summed E-state index contributed by atoms with van der Waals surface area (Å²) in [5.41, 5.74) is 3.40. The molecule has 1 N–H and O–H groups in total. The second-order valence-electron chi connectivity index (χ2n) is 16.9. The van der Waals surface area contributed by atoms with Gasteiger partial charge in [0.1, 0.15) is 21.2 Å². The van der Waals surface area contributed by atoms with E-state index in [0.29, 0.717) is 43.8 Å². The van der Waals surface area contributed by atoms with Crippen molar-refractivity contribution in [3.05, 3.63) is 82.0 Å². The number of allylic oxidation sites excluding steroid dienone is 1. The van der Waals surface area contributed by atoms with Gasteiger partial charge in [0, 0.05) is 69.1 Å². The minimum Gasteiger partial charge on any atom is -0.490 e. The first-order valence-corrected chi connectivity index (χ1v) is 22.5. The van der Waals surface area contributed by atoms with E-state index < -0.39 is 21.7 Å². The monoisotopic (exact) mass is 834 g/mol. The molecule has 312 valence electrons. The van der Waals surface area contributed by atoms with Crippen LogP contribution in [0.4, 0.5) is 5.69 Å². The number of fused-ring (bicyclic) bond motifs is 4. The van der Waals surface area contributed by atoms with Crippen LogP contribution in [0.1, 0.15) is 70.9 Å². The number of aryl methyl sites for hydroxylation is 2. The van der Waals surface area contributed by atoms with Gasteiger partial charge in [0.15, 0.2) is 0 Å². The molecule has 2 aromatic carbocycles. The van der Waals surface area contributed by atoms with Gasteiger partial charge >= 0.3 is 0 Å². The fourth-order valence-corrected chi connectivity index (χ4v) is 11.5. The summed E-state index contributed by atoms with van der Waals surface area (Å²) >= 11 is 6.51. The number of benzene rings is 2. The van der Waals surface area contributed by atoms with Crippen molar-refractivity contribution in [2.24, 2.45) is 29.2 Å². The Balaban J connectivity index is 1.16. The van der Waals surface area contributed by atoms with Crippen molar-refractivity contribution in [3.63, 3.8) is 0 Å². The molecule has 2 amide bonds. The molecule has 8 rings (SSSR count).